The van der Waals surface area contributed by atoms with Gasteiger partial charge < -0.3 is 20.1 Å². The molecule has 1 aromatic carbocycles. The van der Waals surface area contributed by atoms with Crippen LogP contribution in [0, 0.1) is 0 Å². The lowest BCUT2D eigenvalue weighted by atomic mass is 9.86. The van der Waals surface area contributed by atoms with Gasteiger partial charge in [0.1, 0.15) is 0 Å². The molecule has 0 fully saturated rings. The van der Waals surface area contributed by atoms with Gasteiger partial charge in [-0.2, -0.15) is 0 Å². The van der Waals surface area contributed by atoms with Crippen molar-refractivity contribution in [2.45, 2.75) is 39.0 Å². The zero-order valence-corrected chi connectivity index (χ0v) is 16.5. The Bertz CT molecular complexity index is 493. The summed E-state index contributed by atoms with van der Waals surface area (Å²) in [5, 5.41) is 6.66. The maximum absolute atomic E-state index is 5.44. The molecule has 25 heavy (non-hydrogen) atoms. The summed E-state index contributed by atoms with van der Waals surface area (Å²) >= 11 is 0. The molecule has 0 bridgehead atoms. The summed E-state index contributed by atoms with van der Waals surface area (Å²) in [4.78, 5) is 4.25. The lowest BCUT2D eigenvalue weighted by Crippen LogP contribution is -2.39. The van der Waals surface area contributed by atoms with Gasteiger partial charge in [-0.05, 0) is 29.4 Å². The quantitative estimate of drug-likeness (QED) is 0.387. The normalized spacial score (nSPS) is 12.3. The third-order valence-electron chi connectivity index (χ3n) is 3.94. The highest BCUT2D eigenvalue weighted by molar-refractivity contribution is 5.79. The largest absolute Gasteiger partial charge is 0.382 e. The van der Waals surface area contributed by atoms with Gasteiger partial charge in [0, 0.05) is 33.9 Å². The summed E-state index contributed by atoms with van der Waals surface area (Å²) in [7, 11) is 3.47. The Balaban J connectivity index is 2.20. The van der Waals surface area contributed by atoms with Gasteiger partial charge in [-0.1, -0.05) is 45.0 Å². The van der Waals surface area contributed by atoms with E-state index in [0.29, 0.717) is 13.2 Å². The van der Waals surface area contributed by atoms with Crippen LogP contribution in [0.5, 0.6) is 0 Å². The Labute approximate surface area is 153 Å². The first kappa shape index (κ1) is 21.5. The van der Waals surface area contributed by atoms with Gasteiger partial charge in [0.25, 0.3) is 0 Å². The summed E-state index contributed by atoms with van der Waals surface area (Å²) < 4.78 is 10.4. The third kappa shape index (κ3) is 9.46. The van der Waals surface area contributed by atoms with Crippen LogP contribution in [0.1, 0.15) is 38.3 Å². The van der Waals surface area contributed by atoms with Crippen molar-refractivity contribution in [3.63, 3.8) is 0 Å². The van der Waals surface area contributed by atoms with Crippen LogP contribution in [-0.4, -0.2) is 53.0 Å². The zero-order chi connectivity index (χ0) is 18.5. The predicted octanol–water partition coefficient (Wildman–Crippen LogP) is 2.74. The Kier molecular flexibility index (Phi) is 10.2. The van der Waals surface area contributed by atoms with Gasteiger partial charge in [0.05, 0.1) is 13.2 Å². The molecule has 0 unspecified atom stereocenters. The standard InChI is InChI=1S/C20H35N3O2/c1-20(2,3)18-9-7-17(8-10-18)11-13-23-19(21-4)22-12-6-14-25-16-15-24-5/h7-10H,6,11-16H2,1-5H3,(H2,21,22,23). The number of hydrogen-bond donors (Lipinski definition) is 2. The Morgan fingerprint density at radius 2 is 1.68 bits per heavy atom. The van der Waals surface area contributed by atoms with Crippen molar-refractivity contribution in [2.75, 3.05) is 47.1 Å². The summed E-state index contributed by atoms with van der Waals surface area (Å²) in [6, 6.07) is 8.89. The lowest BCUT2D eigenvalue weighted by molar-refractivity contribution is 0.0698. The van der Waals surface area contributed by atoms with Gasteiger partial charge in [-0.15, -0.1) is 0 Å². The van der Waals surface area contributed by atoms with Gasteiger partial charge >= 0.3 is 0 Å². The van der Waals surface area contributed by atoms with Gasteiger partial charge in [0.15, 0.2) is 5.96 Å². The predicted molar refractivity (Wildman–Crippen MR) is 106 cm³/mol. The van der Waals surface area contributed by atoms with Crippen LogP contribution < -0.4 is 10.6 Å². The Morgan fingerprint density at radius 3 is 2.28 bits per heavy atom. The van der Waals surface area contributed by atoms with E-state index in [1.54, 1.807) is 14.2 Å². The van der Waals surface area contributed by atoms with E-state index in [1.807, 2.05) is 0 Å². The highest BCUT2D eigenvalue weighted by Crippen LogP contribution is 2.22. The minimum Gasteiger partial charge on any atom is -0.382 e. The molecule has 0 heterocycles. The molecule has 0 atom stereocenters. The van der Waals surface area contributed by atoms with E-state index in [9.17, 15) is 0 Å². The second-order valence-corrected chi connectivity index (χ2v) is 7.08. The first-order chi connectivity index (χ1) is 12.0. The highest BCUT2D eigenvalue weighted by atomic mass is 16.5. The van der Waals surface area contributed by atoms with Gasteiger partial charge in [-0.3, -0.25) is 4.99 Å². The molecule has 0 saturated heterocycles. The lowest BCUT2D eigenvalue weighted by Gasteiger charge is -2.19. The summed E-state index contributed by atoms with van der Waals surface area (Å²) in [6.07, 6.45) is 1.92. The van der Waals surface area contributed by atoms with Crippen molar-refractivity contribution >= 4 is 5.96 Å². The number of nitrogens with zero attached hydrogens (tertiary/aromatic N) is 1. The van der Waals surface area contributed by atoms with E-state index >= 15 is 0 Å². The van der Waals surface area contributed by atoms with Crippen LogP contribution in [0.15, 0.2) is 29.3 Å². The number of rotatable bonds is 10. The van der Waals surface area contributed by atoms with E-state index in [2.05, 4.69) is 60.7 Å². The summed E-state index contributed by atoms with van der Waals surface area (Å²) in [5.41, 5.74) is 2.91. The molecule has 0 aromatic heterocycles. The van der Waals surface area contributed by atoms with E-state index in [1.165, 1.54) is 11.1 Å². The molecule has 1 aromatic rings. The number of aliphatic imine (C=N–C) groups is 1. The van der Waals surface area contributed by atoms with Crippen molar-refractivity contribution in [2.24, 2.45) is 4.99 Å². The Hall–Kier alpha value is -1.59. The van der Waals surface area contributed by atoms with Gasteiger partial charge in [-0.25, -0.2) is 0 Å². The third-order valence-corrected chi connectivity index (χ3v) is 3.94. The molecule has 0 amide bonds. The van der Waals surface area contributed by atoms with Crippen LogP contribution >= 0.6 is 0 Å². The van der Waals surface area contributed by atoms with Crippen LogP contribution in [0.3, 0.4) is 0 Å². The first-order valence-electron chi connectivity index (χ1n) is 9.08. The van der Waals surface area contributed by atoms with E-state index in [4.69, 9.17) is 9.47 Å². The van der Waals surface area contributed by atoms with Crippen LogP contribution in [0.2, 0.25) is 0 Å². The number of hydrogen-bond acceptors (Lipinski definition) is 3. The number of methoxy groups -OCH3 is 1. The first-order valence-corrected chi connectivity index (χ1v) is 9.08. The van der Waals surface area contributed by atoms with Crippen LogP contribution in [-0.2, 0) is 21.3 Å². The molecule has 0 aliphatic carbocycles. The fourth-order valence-electron chi connectivity index (χ4n) is 2.34. The molecule has 5 heteroatoms. The molecule has 1 rings (SSSR count). The zero-order valence-electron chi connectivity index (χ0n) is 16.5. The topological polar surface area (TPSA) is 54.9 Å². The minimum atomic E-state index is 0.204. The van der Waals surface area contributed by atoms with Crippen LogP contribution in [0.25, 0.3) is 0 Å². The maximum atomic E-state index is 5.44. The summed E-state index contributed by atoms with van der Waals surface area (Å²) in [5.74, 6) is 0.836. The van der Waals surface area contributed by atoms with E-state index < -0.39 is 0 Å². The SMILES string of the molecule is CN=C(NCCCOCCOC)NCCc1ccc(C(C)(C)C)cc1. The van der Waals surface area contributed by atoms with Crippen LogP contribution in [0.4, 0.5) is 0 Å². The van der Waals surface area contributed by atoms with Gasteiger partial charge in [0.2, 0.25) is 0 Å². The number of guanidine groups is 1. The molecule has 0 aliphatic heterocycles. The van der Waals surface area contributed by atoms with E-state index in [-0.39, 0.29) is 5.41 Å². The molecule has 0 saturated carbocycles. The number of ether oxygens (including phenoxy) is 2. The van der Waals surface area contributed by atoms with Crippen molar-refractivity contribution in [1.29, 1.82) is 0 Å². The molecule has 5 nitrogen and oxygen atoms in total. The second-order valence-electron chi connectivity index (χ2n) is 7.08. The average molecular weight is 350 g/mol. The average Bonchev–Trinajstić information content (AvgIpc) is 2.59. The summed E-state index contributed by atoms with van der Waals surface area (Å²) in [6.45, 7) is 10.4. The monoisotopic (exact) mass is 349 g/mol. The molecule has 0 aliphatic rings. The molecule has 0 spiro atoms. The smallest absolute Gasteiger partial charge is 0.190 e. The van der Waals surface area contributed by atoms with Crippen molar-refractivity contribution in [1.82, 2.24) is 10.6 Å². The molecule has 0 radical (unpaired) electrons. The number of benzene rings is 1. The Morgan fingerprint density at radius 1 is 1.00 bits per heavy atom. The molecular weight excluding hydrogens is 314 g/mol. The molecule has 2 N–H and O–H groups in total. The maximum Gasteiger partial charge on any atom is 0.190 e. The molecule has 142 valence electrons. The highest BCUT2D eigenvalue weighted by Gasteiger charge is 2.12. The fraction of sp³-hybridized carbons (Fsp3) is 0.650. The molecular formula is C20H35N3O2. The second kappa shape index (κ2) is 11.9. The van der Waals surface area contributed by atoms with Crippen molar-refractivity contribution in [3.8, 4) is 0 Å². The fourth-order valence-corrected chi connectivity index (χ4v) is 2.34. The number of nitrogens with one attached hydrogen (secondary N) is 2. The minimum absolute atomic E-state index is 0.204. The van der Waals surface area contributed by atoms with Crippen molar-refractivity contribution in [3.05, 3.63) is 35.4 Å². The van der Waals surface area contributed by atoms with Crippen molar-refractivity contribution < 1.29 is 9.47 Å². The van der Waals surface area contributed by atoms with E-state index in [0.717, 1.165) is 38.5 Å².